The third-order valence-electron chi connectivity index (χ3n) is 1.90. The highest BCUT2D eigenvalue weighted by molar-refractivity contribution is 5.49. The SMILES string of the molecule is N#CCc1c(C#N)cc(C(F)F)nc1[N+](=O)[O-]. The predicted octanol–water partition coefficient (Wildman–Crippen LogP) is 1.87. The second-order valence-electron chi connectivity index (χ2n) is 2.90. The quantitative estimate of drug-likeness (QED) is 0.590. The number of rotatable bonds is 3. The van der Waals surface area contributed by atoms with Crippen LogP contribution in [0.5, 0.6) is 0 Å². The molecule has 17 heavy (non-hydrogen) atoms. The van der Waals surface area contributed by atoms with Gasteiger partial charge < -0.3 is 10.1 Å². The highest BCUT2D eigenvalue weighted by Gasteiger charge is 2.26. The topological polar surface area (TPSA) is 104 Å². The Bertz CT molecular complexity index is 545. The van der Waals surface area contributed by atoms with E-state index in [0.717, 1.165) is 6.07 Å². The maximum Gasteiger partial charge on any atom is 0.369 e. The van der Waals surface area contributed by atoms with Crippen LogP contribution in [-0.4, -0.2) is 9.91 Å². The van der Waals surface area contributed by atoms with Gasteiger partial charge in [-0.15, -0.1) is 0 Å². The van der Waals surface area contributed by atoms with Crippen LogP contribution in [0.3, 0.4) is 0 Å². The van der Waals surface area contributed by atoms with Crippen molar-refractivity contribution in [2.75, 3.05) is 0 Å². The minimum atomic E-state index is -3.02. The molecule has 0 aliphatic carbocycles. The lowest BCUT2D eigenvalue weighted by Gasteiger charge is -2.02. The molecule has 0 aliphatic rings. The summed E-state index contributed by atoms with van der Waals surface area (Å²) in [7, 11) is 0. The Labute approximate surface area is 93.9 Å². The molecule has 86 valence electrons. The number of hydrogen-bond donors (Lipinski definition) is 0. The molecule has 0 amide bonds. The number of nitro groups is 1. The van der Waals surface area contributed by atoms with Crippen LogP contribution in [0.4, 0.5) is 14.6 Å². The van der Waals surface area contributed by atoms with Crippen molar-refractivity contribution in [1.29, 1.82) is 10.5 Å². The van der Waals surface area contributed by atoms with E-state index in [0.29, 0.717) is 0 Å². The summed E-state index contributed by atoms with van der Waals surface area (Å²) >= 11 is 0. The van der Waals surface area contributed by atoms with Crippen molar-refractivity contribution in [1.82, 2.24) is 4.98 Å². The molecule has 1 rings (SSSR count). The first kappa shape index (κ1) is 12.5. The van der Waals surface area contributed by atoms with Crippen molar-refractivity contribution in [3.05, 3.63) is 33.0 Å². The molecule has 0 unspecified atom stereocenters. The third kappa shape index (κ3) is 2.49. The van der Waals surface area contributed by atoms with Crippen molar-refractivity contribution in [3.8, 4) is 12.1 Å². The summed E-state index contributed by atoms with van der Waals surface area (Å²) in [6, 6.07) is 3.92. The number of nitriles is 2. The highest BCUT2D eigenvalue weighted by atomic mass is 19.3. The van der Waals surface area contributed by atoms with E-state index in [9.17, 15) is 18.9 Å². The first-order valence-corrected chi connectivity index (χ1v) is 4.24. The molecule has 0 saturated heterocycles. The molecule has 1 aromatic rings. The second-order valence-corrected chi connectivity index (χ2v) is 2.90. The molecule has 0 aliphatic heterocycles. The van der Waals surface area contributed by atoms with Crippen LogP contribution >= 0.6 is 0 Å². The molecule has 6 nitrogen and oxygen atoms in total. The fourth-order valence-corrected chi connectivity index (χ4v) is 1.19. The fraction of sp³-hybridized carbons (Fsp3) is 0.222. The number of nitrogens with zero attached hydrogens (tertiary/aromatic N) is 4. The van der Waals surface area contributed by atoms with Gasteiger partial charge in [0.15, 0.2) is 0 Å². The van der Waals surface area contributed by atoms with Gasteiger partial charge in [0.2, 0.25) is 5.69 Å². The van der Waals surface area contributed by atoms with Gasteiger partial charge in [-0.25, -0.2) is 8.78 Å². The molecule has 0 saturated carbocycles. The Hall–Kier alpha value is -2.61. The van der Waals surface area contributed by atoms with E-state index in [1.54, 1.807) is 12.1 Å². The van der Waals surface area contributed by atoms with Crippen molar-refractivity contribution in [3.63, 3.8) is 0 Å². The number of pyridine rings is 1. The van der Waals surface area contributed by atoms with Gasteiger partial charge in [0.25, 0.3) is 0 Å². The average Bonchev–Trinajstić information content (AvgIpc) is 2.28. The summed E-state index contributed by atoms with van der Waals surface area (Å²) in [5, 5.41) is 27.8. The number of aromatic nitrogens is 1. The molecule has 1 aromatic heterocycles. The lowest BCUT2D eigenvalue weighted by Crippen LogP contribution is -2.04. The Morgan fingerprint density at radius 3 is 2.59 bits per heavy atom. The fourth-order valence-electron chi connectivity index (χ4n) is 1.19. The van der Waals surface area contributed by atoms with E-state index < -0.39 is 29.3 Å². The van der Waals surface area contributed by atoms with E-state index in [2.05, 4.69) is 4.98 Å². The molecular weight excluding hydrogens is 234 g/mol. The van der Waals surface area contributed by atoms with Crippen LogP contribution in [0, 0.1) is 32.8 Å². The number of hydrogen-bond acceptors (Lipinski definition) is 5. The van der Waals surface area contributed by atoms with Crippen molar-refractivity contribution in [2.45, 2.75) is 12.8 Å². The van der Waals surface area contributed by atoms with E-state index in [1.807, 2.05) is 0 Å². The molecule has 8 heteroatoms. The van der Waals surface area contributed by atoms with Crippen LogP contribution in [0.25, 0.3) is 0 Å². The van der Waals surface area contributed by atoms with Crippen molar-refractivity contribution >= 4 is 5.82 Å². The molecule has 0 spiro atoms. The molecule has 1 heterocycles. The van der Waals surface area contributed by atoms with Crippen LogP contribution in [-0.2, 0) is 6.42 Å². The van der Waals surface area contributed by atoms with Crippen LogP contribution in [0.1, 0.15) is 23.2 Å². The molecule has 0 aromatic carbocycles. The summed E-state index contributed by atoms with van der Waals surface area (Å²) in [5.41, 5.74) is -1.43. The monoisotopic (exact) mass is 238 g/mol. The number of alkyl halides is 2. The summed E-state index contributed by atoms with van der Waals surface area (Å²) in [6.45, 7) is 0. The molecule has 0 bridgehead atoms. The second kappa shape index (κ2) is 4.94. The third-order valence-corrected chi connectivity index (χ3v) is 1.90. The number of halogens is 2. The zero-order chi connectivity index (χ0) is 13.0. The largest absolute Gasteiger partial charge is 0.369 e. The smallest absolute Gasteiger partial charge is 0.358 e. The Kier molecular flexibility index (Phi) is 3.62. The zero-order valence-corrected chi connectivity index (χ0v) is 8.22. The minimum Gasteiger partial charge on any atom is -0.358 e. The standard InChI is InChI=1S/C9H4F2N4O2/c10-8(11)7-3-5(4-13)6(1-2-12)9(14-7)15(16)17/h3,8H,1H2. The normalized spacial score (nSPS) is 9.71. The first-order chi connectivity index (χ1) is 8.01. The Balaban J connectivity index is 3.54. The van der Waals surface area contributed by atoms with Gasteiger partial charge in [-0.2, -0.15) is 10.5 Å². The Morgan fingerprint density at radius 1 is 1.53 bits per heavy atom. The van der Waals surface area contributed by atoms with Crippen LogP contribution in [0.2, 0.25) is 0 Å². The predicted molar refractivity (Wildman–Crippen MR) is 49.9 cm³/mol. The van der Waals surface area contributed by atoms with Gasteiger partial charge in [0.05, 0.1) is 29.7 Å². The van der Waals surface area contributed by atoms with Gasteiger partial charge in [-0.1, -0.05) is 0 Å². The molecule has 0 fully saturated rings. The maximum absolute atomic E-state index is 12.4. The minimum absolute atomic E-state index is 0.246. The molecular formula is C9H4F2N4O2. The maximum atomic E-state index is 12.4. The van der Waals surface area contributed by atoms with Crippen molar-refractivity contribution in [2.24, 2.45) is 0 Å². The first-order valence-electron chi connectivity index (χ1n) is 4.24. The van der Waals surface area contributed by atoms with Crippen LogP contribution in [0.15, 0.2) is 6.07 Å². The molecule has 0 N–H and O–H groups in total. The summed E-state index contributed by atoms with van der Waals surface area (Å²) in [4.78, 5) is 12.8. The lowest BCUT2D eigenvalue weighted by atomic mass is 10.1. The van der Waals surface area contributed by atoms with E-state index >= 15 is 0 Å². The van der Waals surface area contributed by atoms with Gasteiger partial charge in [-0.05, 0) is 9.91 Å². The van der Waals surface area contributed by atoms with Crippen LogP contribution < -0.4 is 0 Å². The van der Waals surface area contributed by atoms with Crippen molar-refractivity contribution < 1.29 is 13.7 Å². The average molecular weight is 238 g/mol. The van der Waals surface area contributed by atoms with Gasteiger partial charge in [-0.3, -0.25) is 0 Å². The summed E-state index contributed by atoms with van der Waals surface area (Å²) < 4.78 is 24.8. The highest BCUT2D eigenvalue weighted by Crippen LogP contribution is 2.26. The summed E-state index contributed by atoms with van der Waals surface area (Å²) in [5.74, 6) is -0.874. The van der Waals surface area contributed by atoms with E-state index in [-0.39, 0.29) is 11.1 Å². The molecule has 0 atom stereocenters. The van der Waals surface area contributed by atoms with E-state index in [1.165, 1.54) is 0 Å². The van der Waals surface area contributed by atoms with Gasteiger partial charge in [0, 0.05) is 6.07 Å². The zero-order valence-electron chi connectivity index (χ0n) is 8.22. The molecule has 0 radical (unpaired) electrons. The Morgan fingerprint density at radius 2 is 2.18 bits per heavy atom. The van der Waals surface area contributed by atoms with E-state index in [4.69, 9.17) is 10.5 Å². The lowest BCUT2D eigenvalue weighted by molar-refractivity contribution is -0.390. The summed E-state index contributed by atoms with van der Waals surface area (Å²) in [6.07, 6.45) is -3.45. The van der Waals surface area contributed by atoms with Gasteiger partial charge >= 0.3 is 12.2 Å². The van der Waals surface area contributed by atoms with Gasteiger partial charge in [0.1, 0.15) is 0 Å².